The average molecular weight is 237 g/mol. The van der Waals surface area contributed by atoms with E-state index in [0.717, 1.165) is 24.7 Å². The molecule has 1 atom stereocenters. The van der Waals surface area contributed by atoms with Crippen LogP contribution in [0.4, 0.5) is 0 Å². The standard InChI is InChI=1S/C15H27NO/c1-11(2)15(9-8-14(17)16-15)10-13-6-4-12(3)5-7-13/h11-13H,4-10H2,1-3H3,(H,16,17). The number of rotatable bonds is 3. The van der Waals surface area contributed by atoms with Crippen molar-refractivity contribution in [2.75, 3.05) is 0 Å². The molecule has 1 unspecified atom stereocenters. The van der Waals surface area contributed by atoms with Crippen LogP contribution < -0.4 is 5.32 Å². The lowest BCUT2D eigenvalue weighted by Crippen LogP contribution is -2.47. The fourth-order valence-electron chi connectivity index (χ4n) is 3.61. The Labute approximate surface area is 106 Å². The molecule has 2 rings (SSSR count). The van der Waals surface area contributed by atoms with Crippen molar-refractivity contribution in [3.8, 4) is 0 Å². The number of nitrogens with one attached hydrogen (secondary N) is 1. The smallest absolute Gasteiger partial charge is 0.220 e. The summed E-state index contributed by atoms with van der Waals surface area (Å²) >= 11 is 0. The molecule has 2 fully saturated rings. The Morgan fingerprint density at radius 2 is 1.94 bits per heavy atom. The van der Waals surface area contributed by atoms with E-state index >= 15 is 0 Å². The van der Waals surface area contributed by atoms with Crippen LogP contribution in [-0.4, -0.2) is 11.4 Å². The van der Waals surface area contributed by atoms with Gasteiger partial charge in [-0.3, -0.25) is 4.79 Å². The molecular formula is C15H27NO. The first kappa shape index (κ1) is 12.9. The first-order chi connectivity index (χ1) is 8.02. The summed E-state index contributed by atoms with van der Waals surface area (Å²) in [7, 11) is 0. The third-order valence-electron chi connectivity index (χ3n) is 5.08. The van der Waals surface area contributed by atoms with E-state index in [9.17, 15) is 4.79 Å². The van der Waals surface area contributed by atoms with Crippen LogP contribution in [0.25, 0.3) is 0 Å². The Bertz CT molecular complexity index is 279. The van der Waals surface area contributed by atoms with Gasteiger partial charge in [0.2, 0.25) is 5.91 Å². The molecule has 1 aliphatic carbocycles. The van der Waals surface area contributed by atoms with Gasteiger partial charge >= 0.3 is 0 Å². The topological polar surface area (TPSA) is 29.1 Å². The highest BCUT2D eigenvalue weighted by Crippen LogP contribution is 2.39. The van der Waals surface area contributed by atoms with Crippen molar-refractivity contribution < 1.29 is 4.79 Å². The van der Waals surface area contributed by atoms with Crippen LogP contribution in [0.5, 0.6) is 0 Å². The molecule has 1 N–H and O–H groups in total. The molecule has 0 aromatic carbocycles. The molecule has 1 saturated carbocycles. The Morgan fingerprint density at radius 3 is 2.41 bits per heavy atom. The molecule has 0 radical (unpaired) electrons. The summed E-state index contributed by atoms with van der Waals surface area (Å²) in [4.78, 5) is 11.5. The van der Waals surface area contributed by atoms with Crippen molar-refractivity contribution in [3.05, 3.63) is 0 Å². The summed E-state index contributed by atoms with van der Waals surface area (Å²) in [5, 5.41) is 3.29. The number of carbonyl (C=O) groups is 1. The first-order valence-electron chi connectivity index (χ1n) is 7.33. The molecule has 0 aromatic rings. The molecule has 1 saturated heterocycles. The van der Waals surface area contributed by atoms with Gasteiger partial charge in [-0.15, -0.1) is 0 Å². The van der Waals surface area contributed by atoms with Gasteiger partial charge in [-0.05, 0) is 30.6 Å². The normalized spacial score (nSPS) is 38.5. The van der Waals surface area contributed by atoms with Crippen LogP contribution in [-0.2, 0) is 4.79 Å². The van der Waals surface area contributed by atoms with Crippen LogP contribution in [0.2, 0.25) is 0 Å². The molecular weight excluding hydrogens is 210 g/mol. The largest absolute Gasteiger partial charge is 0.350 e. The van der Waals surface area contributed by atoms with Crippen LogP contribution >= 0.6 is 0 Å². The Hall–Kier alpha value is -0.530. The molecule has 0 spiro atoms. The van der Waals surface area contributed by atoms with Crippen molar-refractivity contribution >= 4 is 5.91 Å². The minimum atomic E-state index is 0.113. The third-order valence-corrected chi connectivity index (χ3v) is 5.08. The fourth-order valence-corrected chi connectivity index (χ4v) is 3.61. The molecule has 2 aliphatic rings. The van der Waals surface area contributed by atoms with Gasteiger partial charge in [0.05, 0.1) is 0 Å². The SMILES string of the molecule is CC1CCC(CC2(C(C)C)CCC(=O)N2)CC1. The van der Waals surface area contributed by atoms with E-state index in [4.69, 9.17) is 0 Å². The van der Waals surface area contributed by atoms with Crippen molar-refractivity contribution in [1.29, 1.82) is 0 Å². The minimum absolute atomic E-state index is 0.113. The zero-order valence-electron chi connectivity index (χ0n) is 11.6. The maximum Gasteiger partial charge on any atom is 0.220 e. The van der Waals surface area contributed by atoms with Gasteiger partial charge in [-0.2, -0.15) is 0 Å². The summed E-state index contributed by atoms with van der Waals surface area (Å²) in [6.07, 6.45) is 8.50. The van der Waals surface area contributed by atoms with E-state index < -0.39 is 0 Å². The maximum absolute atomic E-state index is 11.5. The minimum Gasteiger partial charge on any atom is -0.350 e. The third kappa shape index (κ3) is 2.83. The lowest BCUT2D eigenvalue weighted by molar-refractivity contribution is -0.120. The zero-order chi connectivity index (χ0) is 12.5. The van der Waals surface area contributed by atoms with Crippen molar-refractivity contribution in [2.24, 2.45) is 17.8 Å². The number of hydrogen-bond acceptors (Lipinski definition) is 1. The Balaban J connectivity index is 1.97. The van der Waals surface area contributed by atoms with Gasteiger partial charge < -0.3 is 5.32 Å². The quantitative estimate of drug-likeness (QED) is 0.799. The number of amides is 1. The van der Waals surface area contributed by atoms with Gasteiger partial charge in [-0.1, -0.05) is 46.5 Å². The Kier molecular flexibility index (Phi) is 3.79. The summed E-state index contributed by atoms with van der Waals surface area (Å²) in [6.45, 7) is 6.89. The molecule has 1 aliphatic heterocycles. The zero-order valence-corrected chi connectivity index (χ0v) is 11.6. The highest BCUT2D eigenvalue weighted by molar-refractivity contribution is 5.79. The van der Waals surface area contributed by atoms with E-state index in [1.165, 1.54) is 32.1 Å². The van der Waals surface area contributed by atoms with E-state index in [0.29, 0.717) is 5.92 Å². The summed E-state index contributed by atoms with van der Waals surface area (Å²) in [5.74, 6) is 2.59. The van der Waals surface area contributed by atoms with Crippen molar-refractivity contribution in [3.63, 3.8) is 0 Å². The molecule has 0 aromatic heterocycles. The van der Waals surface area contributed by atoms with Crippen LogP contribution in [0.15, 0.2) is 0 Å². The van der Waals surface area contributed by atoms with Gasteiger partial charge in [-0.25, -0.2) is 0 Å². The monoisotopic (exact) mass is 237 g/mol. The lowest BCUT2D eigenvalue weighted by Gasteiger charge is -2.38. The van der Waals surface area contributed by atoms with Crippen molar-refractivity contribution in [1.82, 2.24) is 5.32 Å². The number of hydrogen-bond donors (Lipinski definition) is 1. The van der Waals surface area contributed by atoms with Crippen LogP contribution in [0.3, 0.4) is 0 Å². The van der Waals surface area contributed by atoms with Crippen LogP contribution in [0, 0.1) is 17.8 Å². The van der Waals surface area contributed by atoms with E-state index in [2.05, 4.69) is 26.1 Å². The summed E-state index contributed by atoms with van der Waals surface area (Å²) < 4.78 is 0. The lowest BCUT2D eigenvalue weighted by atomic mass is 9.72. The number of carbonyl (C=O) groups excluding carboxylic acids is 1. The average Bonchev–Trinajstić information content (AvgIpc) is 2.65. The summed E-state index contributed by atoms with van der Waals surface area (Å²) in [6, 6.07) is 0. The second-order valence-electron chi connectivity index (χ2n) is 6.69. The second kappa shape index (κ2) is 4.99. The molecule has 98 valence electrons. The molecule has 0 bridgehead atoms. The first-order valence-corrected chi connectivity index (χ1v) is 7.33. The van der Waals surface area contributed by atoms with Gasteiger partial charge in [0.25, 0.3) is 0 Å². The predicted molar refractivity (Wildman–Crippen MR) is 70.7 cm³/mol. The van der Waals surface area contributed by atoms with Gasteiger partial charge in [0, 0.05) is 12.0 Å². The highest BCUT2D eigenvalue weighted by Gasteiger charge is 2.42. The second-order valence-corrected chi connectivity index (χ2v) is 6.69. The van der Waals surface area contributed by atoms with E-state index in [-0.39, 0.29) is 11.4 Å². The molecule has 1 heterocycles. The fraction of sp³-hybridized carbons (Fsp3) is 0.933. The maximum atomic E-state index is 11.5. The summed E-state index contributed by atoms with van der Waals surface area (Å²) in [5.41, 5.74) is 0.113. The molecule has 17 heavy (non-hydrogen) atoms. The molecule has 1 amide bonds. The van der Waals surface area contributed by atoms with Crippen molar-refractivity contribution in [2.45, 2.75) is 71.3 Å². The van der Waals surface area contributed by atoms with Gasteiger partial charge in [0.15, 0.2) is 0 Å². The van der Waals surface area contributed by atoms with Crippen LogP contribution in [0.1, 0.15) is 65.7 Å². The predicted octanol–water partition coefficient (Wildman–Crippen LogP) is 3.51. The van der Waals surface area contributed by atoms with Gasteiger partial charge in [0.1, 0.15) is 0 Å². The highest BCUT2D eigenvalue weighted by atomic mass is 16.2. The molecule has 2 heteroatoms. The Morgan fingerprint density at radius 1 is 1.29 bits per heavy atom. The van der Waals surface area contributed by atoms with E-state index in [1.807, 2.05) is 0 Å². The molecule has 2 nitrogen and oxygen atoms in total. The van der Waals surface area contributed by atoms with E-state index in [1.54, 1.807) is 0 Å².